The van der Waals surface area contributed by atoms with Crippen LogP contribution >= 0.6 is 0 Å². The van der Waals surface area contributed by atoms with Crippen molar-refractivity contribution >= 4 is 20.0 Å². The Balaban J connectivity index is 2.79. The van der Waals surface area contributed by atoms with Gasteiger partial charge in [-0.15, -0.1) is 6.58 Å². The Bertz CT molecular complexity index is 907. The van der Waals surface area contributed by atoms with Gasteiger partial charge in [-0.1, -0.05) is 26.3 Å². The van der Waals surface area contributed by atoms with Crippen LogP contribution in [0.3, 0.4) is 0 Å². The molecule has 0 spiro atoms. The fourth-order valence-corrected chi connectivity index (χ4v) is 5.08. The summed E-state index contributed by atoms with van der Waals surface area (Å²) in [6.45, 7) is 18.0. The summed E-state index contributed by atoms with van der Waals surface area (Å²) in [5.41, 5.74) is 2.97. The number of allylic oxidation sites excluding steroid dienone is 1. The van der Waals surface area contributed by atoms with E-state index in [1.807, 2.05) is 39.6 Å². The number of carbonyl (C=O) groups is 1. The lowest BCUT2D eigenvalue weighted by Crippen LogP contribution is -2.35. The first-order valence-corrected chi connectivity index (χ1v) is 14.3. The van der Waals surface area contributed by atoms with Crippen LogP contribution in [0, 0.1) is 0 Å². The van der Waals surface area contributed by atoms with Gasteiger partial charge in [-0.05, 0) is 63.4 Å². The van der Waals surface area contributed by atoms with Crippen LogP contribution < -0.4 is 9.47 Å². The van der Waals surface area contributed by atoms with Gasteiger partial charge in [0.2, 0.25) is 8.32 Å². The van der Waals surface area contributed by atoms with Gasteiger partial charge in [-0.3, -0.25) is 0 Å². The van der Waals surface area contributed by atoms with Crippen molar-refractivity contribution in [2.45, 2.75) is 77.9 Å². The third-order valence-electron chi connectivity index (χ3n) is 5.79. The standard InChI is InChI=1S/C25H38O5Si/c1-15(2)12-11-13-25(5)17-14-18(28-6)19(16(3)4)23(29-7)20(17)22(26)21(25)24(27)30-31(8,9)10/h14,16,26H,1,11-13H2,2-10H3. The summed E-state index contributed by atoms with van der Waals surface area (Å²) in [7, 11) is 1.06. The minimum Gasteiger partial charge on any atom is -0.517 e. The minimum atomic E-state index is -2.17. The number of aliphatic hydroxyl groups excluding tert-OH is 1. The molecule has 0 amide bonds. The zero-order chi connectivity index (χ0) is 23.7. The molecule has 5 nitrogen and oxygen atoms in total. The summed E-state index contributed by atoms with van der Waals surface area (Å²) >= 11 is 0. The minimum absolute atomic E-state index is 0.0440. The van der Waals surface area contributed by atoms with Gasteiger partial charge in [0.05, 0.1) is 25.4 Å². The Kier molecular flexibility index (Phi) is 7.36. The molecule has 2 rings (SSSR count). The van der Waals surface area contributed by atoms with Crippen LogP contribution in [-0.4, -0.2) is 33.6 Å². The Labute approximate surface area is 188 Å². The van der Waals surface area contributed by atoms with Gasteiger partial charge in [0.15, 0.2) is 0 Å². The molecular weight excluding hydrogens is 408 g/mol. The lowest BCUT2D eigenvalue weighted by Gasteiger charge is -2.31. The van der Waals surface area contributed by atoms with Crippen LogP contribution in [0.15, 0.2) is 23.8 Å². The van der Waals surface area contributed by atoms with E-state index in [1.54, 1.807) is 14.2 Å². The third-order valence-corrected chi connectivity index (χ3v) is 6.58. The first kappa shape index (κ1) is 25.1. The first-order valence-electron chi connectivity index (χ1n) is 10.9. The van der Waals surface area contributed by atoms with Crippen molar-refractivity contribution in [1.29, 1.82) is 0 Å². The Morgan fingerprint density at radius 2 is 1.84 bits per heavy atom. The molecule has 1 N–H and O–H groups in total. The topological polar surface area (TPSA) is 65.0 Å². The van der Waals surface area contributed by atoms with E-state index in [2.05, 4.69) is 20.4 Å². The summed E-state index contributed by atoms with van der Waals surface area (Å²) in [5, 5.41) is 11.4. The maximum atomic E-state index is 13.3. The zero-order valence-corrected chi connectivity index (χ0v) is 21.6. The monoisotopic (exact) mass is 446 g/mol. The van der Waals surface area contributed by atoms with Gasteiger partial charge < -0.3 is 19.0 Å². The van der Waals surface area contributed by atoms with Gasteiger partial charge in [0, 0.05) is 11.0 Å². The molecule has 0 aliphatic heterocycles. The smallest absolute Gasteiger partial charge is 0.325 e. The summed E-state index contributed by atoms with van der Waals surface area (Å²) in [6, 6.07) is 1.96. The number of hydrogen-bond acceptors (Lipinski definition) is 5. The number of benzene rings is 1. The SMILES string of the molecule is C=C(C)CCCC1(C)C(C(=O)O[Si](C)(C)C)=C(O)c2c1cc(OC)c(C(C)C)c2OC. The van der Waals surface area contributed by atoms with E-state index >= 15 is 0 Å². The van der Waals surface area contributed by atoms with Crippen LogP contribution in [0.2, 0.25) is 19.6 Å². The highest BCUT2D eigenvalue weighted by Gasteiger charge is 2.49. The molecule has 0 aromatic heterocycles. The molecule has 0 saturated carbocycles. The maximum Gasteiger partial charge on any atom is 0.325 e. The van der Waals surface area contributed by atoms with Gasteiger partial charge in [-0.25, -0.2) is 4.79 Å². The van der Waals surface area contributed by atoms with E-state index in [1.165, 1.54) is 0 Å². The Morgan fingerprint density at radius 3 is 2.29 bits per heavy atom. The third kappa shape index (κ3) is 4.84. The highest BCUT2D eigenvalue weighted by Crippen LogP contribution is 2.55. The number of ether oxygens (including phenoxy) is 2. The molecule has 1 unspecified atom stereocenters. The summed E-state index contributed by atoms with van der Waals surface area (Å²) in [5.74, 6) is 0.874. The van der Waals surface area contributed by atoms with Crippen LogP contribution in [-0.2, 0) is 14.6 Å². The van der Waals surface area contributed by atoms with E-state index in [0.717, 1.165) is 29.5 Å². The number of methoxy groups -OCH3 is 2. The van der Waals surface area contributed by atoms with Crippen molar-refractivity contribution in [2.75, 3.05) is 14.2 Å². The Hall–Kier alpha value is -2.21. The normalized spacial score (nSPS) is 18.3. The summed E-state index contributed by atoms with van der Waals surface area (Å²) in [6.07, 6.45) is 2.35. The van der Waals surface area contributed by atoms with Crippen molar-refractivity contribution in [2.24, 2.45) is 0 Å². The number of aliphatic hydroxyl groups is 1. The lowest BCUT2D eigenvalue weighted by molar-refractivity contribution is -0.131. The second-order valence-corrected chi connectivity index (χ2v) is 14.4. The molecule has 1 atom stereocenters. The second kappa shape index (κ2) is 9.11. The van der Waals surface area contributed by atoms with Crippen LogP contribution in [0.25, 0.3) is 5.76 Å². The molecule has 0 radical (unpaired) electrons. The van der Waals surface area contributed by atoms with E-state index in [9.17, 15) is 9.90 Å². The average molecular weight is 447 g/mol. The van der Waals surface area contributed by atoms with Crippen LogP contribution in [0.1, 0.15) is 69.6 Å². The van der Waals surface area contributed by atoms with E-state index < -0.39 is 19.7 Å². The molecule has 172 valence electrons. The van der Waals surface area contributed by atoms with Crippen LogP contribution in [0.5, 0.6) is 11.5 Å². The van der Waals surface area contributed by atoms with E-state index in [4.69, 9.17) is 13.9 Å². The molecular formula is C25H38O5Si. The van der Waals surface area contributed by atoms with Gasteiger partial charge in [0.1, 0.15) is 17.3 Å². The molecule has 0 bridgehead atoms. The maximum absolute atomic E-state index is 13.3. The molecule has 0 fully saturated rings. The van der Waals surface area contributed by atoms with Crippen LogP contribution in [0.4, 0.5) is 0 Å². The molecule has 1 aromatic carbocycles. The van der Waals surface area contributed by atoms with Crippen molar-refractivity contribution in [3.8, 4) is 11.5 Å². The largest absolute Gasteiger partial charge is 0.517 e. The van der Waals surface area contributed by atoms with E-state index in [0.29, 0.717) is 29.1 Å². The van der Waals surface area contributed by atoms with Crippen molar-refractivity contribution in [3.63, 3.8) is 0 Å². The lowest BCUT2D eigenvalue weighted by atomic mass is 9.74. The quantitative estimate of drug-likeness (QED) is 0.347. The van der Waals surface area contributed by atoms with E-state index in [-0.39, 0.29) is 11.7 Å². The van der Waals surface area contributed by atoms with Crippen molar-refractivity contribution in [3.05, 3.63) is 40.5 Å². The highest BCUT2D eigenvalue weighted by molar-refractivity contribution is 6.71. The first-order chi connectivity index (χ1) is 14.3. The number of fused-ring (bicyclic) bond motifs is 1. The predicted molar refractivity (Wildman–Crippen MR) is 129 cm³/mol. The fraction of sp³-hybridized carbons (Fsp3) is 0.560. The fourth-order valence-electron chi connectivity index (χ4n) is 4.42. The number of carbonyl (C=O) groups excluding carboxylic acids is 1. The molecule has 6 heteroatoms. The molecule has 1 aromatic rings. The second-order valence-electron chi connectivity index (χ2n) is 9.97. The summed E-state index contributed by atoms with van der Waals surface area (Å²) < 4.78 is 17.4. The number of rotatable bonds is 9. The van der Waals surface area contributed by atoms with Gasteiger partial charge >= 0.3 is 5.97 Å². The molecule has 0 saturated heterocycles. The molecule has 1 aliphatic carbocycles. The molecule has 31 heavy (non-hydrogen) atoms. The van der Waals surface area contributed by atoms with Gasteiger partial charge in [0.25, 0.3) is 0 Å². The summed E-state index contributed by atoms with van der Waals surface area (Å²) in [4.78, 5) is 13.3. The predicted octanol–water partition coefficient (Wildman–Crippen LogP) is 6.49. The van der Waals surface area contributed by atoms with Crippen molar-refractivity contribution in [1.82, 2.24) is 0 Å². The molecule has 0 heterocycles. The highest BCUT2D eigenvalue weighted by atomic mass is 28.4. The molecule has 1 aliphatic rings. The number of hydrogen-bond donors (Lipinski definition) is 1. The average Bonchev–Trinajstić information content (AvgIpc) is 2.85. The van der Waals surface area contributed by atoms with Gasteiger partial charge in [-0.2, -0.15) is 0 Å². The van der Waals surface area contributed by atoms with Crippen molar-refractivity contribution < 1.29 is 23.8 Å². The zero-order valence-electron chi connectivity index (χ0n) is 20.6. The Morgan fingerprint density at radius 1 is 1.23 bits per heavy atom.